The summed E-state index contributed by atoms with van der Waals surface area (Å²) in [6, 6.07) is 10.6. The molecule has 0 aromatic heterocycles. The van der Waals surface area contributed by atoms with Crippen LogP contribution in [0.3, 0.4) is 0 Å². The van der Waals surface area contributed by atoms with E-state index in [9.17, 15) is 4.79 Å². The molecule has 0 saturated carbocycles. The minimum atomic E-state index is 0. The zero-order valence-corrected chi connectivity index (χ0v) is 15.0. The van der Waals surface area contributed by atoms with Crippen molar-refractivity contribution >= 4 is 18.3 Å². The van der Waals surface area contributed by atoms with Crippen LogP contribution in [-0.4, -0.2) is 67.6 Å². The maximum absolute atomic E-state index is 12.3. The Kier molecular flexibility index (Phi) is 7.99. The fourth-order valence-corrected chi connectivity index (χ4v) is 3.40. The normalized spacial score (nSPS) is 21.5. The van der Waals surface area contributed by atoms with Crippen LogP contribution in [-0.2, 0) is 16.1 Å². The van der Waals surface area contributed by atoms with Crippen LogP contribution in [0.2, 0.25) is 0 Å². The Labute approximate surface area is 150 Å². The summed E-state index contributed by atoms with van der Waals surface area (Å²) >= 11 is 0. The van der Waals surface area contributed by atoms with Gasteiger partial charge < -0.3 is 15.0 Å². The summed E-state index contributed by atoms with van der Waals surface area (Å²) < 4.78 is 5.63. The highest BCUT2D eigenvalue weighted by Crippen LogP contribution is 2.17. The fraction of sp³-hybridized carbons (Fsp3) is 0.611. The molecule has 2 heterocycles. The van der Waals surface area contributed by atoms with Gasteiger partial charge in [0.25, 0.3) is 0 Å². The van der Waals surface area contributed by atoms with E-state index in [-0.39, 0.29) is 18.3 Å². The third-order valence-electron chi connectivity index (χ3n) is 4.76. The van der Waals surface area contributed by atoms with Crippen LogP contribution >= 0.6 is 12.4 Å². The van der Waals surface area contributed by atoms with E-state index in [0.29, 0.717) is 25.7 Å². The average Bonchev–Trinajstić information content (AvgIpc) is 3.10. The predicted octanol–water partition coefficient (Wildman–Crippen LogP) is 1.52. The summed E-state index contributed by atoms with van der Waals surface area (Å²) in [6.45, 7) is 7.21. The molecule has 6 heteroatoms. The van der Waals surface area contributed by atoms with Crippen LogP contribution in [0.25, 0.3) is 0 Å². The number of nitrogens with one attached hydrogen (secondary N) is 1. The highest BCUT2D eigenvalue weighted by molar-refractivity contribution is 5.85. The number of carbonyl (C=O) groups excluding carboxylic acids is 1. The molecule has 1 amide bonds. The van der Waals surface area contributed by atoms with E-state index in [1.807, 2.05) is 35.2 Å². The van der Waals surface area contributed by atoms with Gasteiger partial charge in [-0.1, -0.05) is 30.3 Å². The van der Waals surface area contributed by atoms with Gasteiger partial charge in [-0.15, -0.1) is 12.4 Å². The molecule has 1 aromatic carbocycles. The van der Waals surface area contributed by atoms with Crippen molar-refractivity contribution in [2.45, 2.75) is 25.5 Å². The number of nitrogens with zero attached hydrogens (tertiary/aromatic N) is 2. The Hall–Kier alpha value is -1.14. The molecule has 1 atom stereocenters. The number of carbonyl (C=O) groups is 1. The molecule has 1 aromatic rings. The Morgan fingerprint density at radius 1 is 1.17 bits per heavy atom. The number of ether oxygens (including phenoxy) is 1. The lowest BCUT2D eigenvalue weighted by atomic mass is 10.2. The van der Waals surface area contributed by atoms with Gasteiger partial charge in [-0.3, -0.25) is 9.69 Å². The molecule has 134 valence electrons. The minimum absolute atomic E-state index is 0. The zero-order valence-electron chi connectivity index (χ0n) is 14.2. The van der Waals surface area contributed by atoms with E-state index in [1.165, 1.54) is 0 Å². The third kappa shape index (κ3) is 5.45. The number of rotatable bonds is 6. The van der Waals surface area contributed by atoms with Crippen molar-refractivity contribution in [3.05, 3.63) is 35.9 Å². The lowest BCUT2D eigenvalue weighted by molar-refractivity contribution is -0.131. The van der Waals surface area contributed by atoms with Crippen molar-refractivity contribution in [2.75, 3.05) is 45.9 Å². The first-order valence-electron chi connectivity index (χ1n) is 8.67. The van der Waals surface area contributed by atoms with Crippen LogP contribution in [0.1, 0.15) is 18.4 Å². The fourth-order valence-electron chi connectivity index (χ4n) is 3.40. The van der Waals surface area contributed by atoms with Crippen molar-refractivity contribution < 1.29 is 9.53 Å². The van der Waals surface area contributed by atoms with Gasteiger partial charge in [0.15, 0.2) is 0 Å². The molecule has 0 bridgehead atoms. The van der Waals surface area contributed by atoms with E-state index >= 15 is 0 Å². The number of hydrogen-bond acceptors (Lipinski definition) is 4. The largest absolute Gasteiger partial charge is 0.376 e. The van der Waals surface area contributed by atoms with Crippen molar-refractivity contribution in [3.8, 4) is 0 Å². The summed E-state index contributed by atoms with van der Waals surface area (Å²) in [7, 11) is 0. The topological polar surface area (TPSA) is 44.8 Å². The molecule has 5 nitrogen and oxygen atoms in total. The second kappa shape index (κ2) is 9.99. The van der Waals surface area contributed by atoms with Gasteiger partial charge in [0.1, 0.15) is 0 Å². The summed E-state index contributed by atoms with van der Waals surface area (Å²) in [4.78, 5) is 16.8. The first-order valence-corrected chi connectivity index (χ1v) is 8.67. The molecule has 3 rings (SSSR count). The van der Waals surface area contributed by atoms with Crippen molar-refractivity contribution in [3.63, 3.8) is 0 Å². The van der Waals surface area contributed by atoms with Crippen LogP contribution in [0.5, 0.6) is 0 Å². The SMILES string of the molecule is Cl.O=C(CCOCc1ccccc1)N1CCC(N2CCNCC2)C1. The Morgan fingerprint density at radius 3 is 2.67 bits per heavy atom. The first-order chi connectivity index (χ1) is 11.3. The van der Waals surface area contributed by atoms with Crippen molar-refractivity contribution in [2.24, 2.45) is 0 Å². The first kappa shape index (κ1) is 19.2. The van der Waals surface area contributed by atoms with Crippen molar-refractivity contribution in [1.29, 1.82) is 0 Å². The third-order valence-corrected chi connectivity index (χ3v) is 4.76. The number of hydrogen-bond donors (Lipinski definition) is 1. The molecule has 2 aliphatic rings. The Balaban J connectivity index is 0.00000208. The number of halogens is 1. The Bertz CT molecular complexity index is 494. The molecule has 2 fully saturated rings. The lowest BCUT2D eigenvalue weighted by Crippen LogP contribution is -2.49. The second-order valence-electron chi connectivity index (χ2n) is 6.36. The second-order valence-corrected chi connectivity index (χ2v) is 6.36. The summed E-state index contributed by atoms with van der Waals surface area (Å²) in [5, 5.41) is 3.38. The van der Waals surface area contributed by atoms with Gasteiger partial charge in [-0.05, 0) is 12.0 Å². The molecular formula is C18H28ClN3O2. The molecule has 0 aliphatic carbocycles. The maximum Gasteiger partial charge on any atom is 0.224 e. The molecule has 24 heavy (non-hydrogen) atoms. The smallest absolute Gasteiger partial charge is 0.224 e. The molecular weight excluding hydrogens is 326 g/mol. The standard InChI is InChI=1S/C18H27N3O2.ClH/c22-18(7-13-23-15-16-4-2-1-3-5-16)21-10-6-17(14-21)20-11-8-19-9-12-20;/h1-5,17,19H,6-15H2;1H. The summed E-state index contributed by atoms with van der Waals surface area (Å²) in [6.07, 6.45) is 1.59. The van der Waals surface area contributed by atoms with Gasteiger partial charge in [0.05, 0.1) is 19.6 Å². The maximum atomic E-state index is 12.3. The number of benzene rings is 1. The van der Waals surface area contributed by atoms with Gasteiger partial charge in [-0.25, -0.2) is 0 Å². The molecule has 2 saturated heterocycles. The molecule has 0 spiro atoms. The number of amides is 1. The number of likely N-dealkylation sites (tertiary alicyclic amines) is 1. The monoisotopic (exact) mass is 353 g/mol. The van der Waals surface area contributed by atoms with E-state index < -0.39 is 0 Å². The lowest BCUT2D eigenvalue weighted by Gasteiger charge is -2.32. The molecule has 2 aliphatic heterocycles. The van der Waals surface area contributed by atoms with Crippen LogP contribution < -0.4 is 5.32 Å². The minimum Gasteiger partial charge on any atom is -0.376 e. The molecule has 1 unspecified atom stereocenters. The van der Waals surface area contributed by atoms with Crippen LogP contribution in [0, 0.1) is 0 Å². The number of piperazine rings is 1. The van der Waals surface area contributed by atoms with E-state index in [2.05, 4.69) is 10.2 Å². The molecule has 1 N–H and O–H groups in total. The van der Waals surface area contributed by atoms with Gasteiger partial charge in [0.2, 0.25) is 5.91 Å². The van der Waals surface area contributed by atoms with E-state index in [4.69, 9.17) is 4.74 Å². The van der Waals surface area contributed by atoms with Gasteiger partial charge in [0, 0.05) is 45.3 Å². The van der Waals surface area contributed by atoms with Gasteiger partial charge >= 0.3 is 0 Å². The average molecular weight is 354 g/mol. The summed E-state index contributed by atoms with van der Waals surface area (Å²) in [5.41, 5.74) is 1.15. The highest BCUT2D eigenvalue weighted by atomic mass is 35.5. The van der Waals surface area contributed by atoms with Crippen LogP contribution in [0.15, 0.2) is 30.3 Å². The Morgan fingerprint density at radius 2 is 1.92 bits per heavy atom. The summed E-state index contributed by atoms with van der Waals surface area (Å²) in [5.74, 6) is 0.232. The highest BCUT2D eigenvalue weighted by Gasteiger charge is 2.30. The van der Waals surface area contributed by atoms with Crippen LogP contribution in [0.4, 0.5) is 0 Å². The predicted molar refractivity (Wildman–Crippen MR) is 97.4 cm³/mol. The zero-order chi connectivity index (χ0) is 15.9. The van der Waals surface area contributed by atoms with Crippen molar-refractivity contribution in [1.82, 2.24) is 15.1 Å². The van der Waals surface area contributed by atoms with E-state index in [0.717, 1.165) is 51.3 Å². The van der Waals surface area contributed by atoms with Gasteiger partial charge in [-0.2, -0.15) is 0 Å². The quantitative estimate of drug-likeness (QED) is 0.788. The molecule has 0 radical (unpaired) electrons. The van der Waals surface area contributed by atoms with E-state index in [1.54, 1.807) is 0 Å².